The van der Waals surface area contributed by atoms with Crippen molar-refractivity contribution in [1.82, 2.24) is 4.90 Å². The van der Waals surface area contributed by atoms with Crippen LogP contribution in [0.5, 0.6) is 17.2 Å². The molecule has 224 valence electrons. The highest BCUT2D eigenvalue weighted by atomic mass is 32.3. The Labute approximate surface area is 249 Å². The van der Waals surface area contributed by atoms with E-state index < -0.39 is 16.5 Å². The number of carbonyl (C=O) groups excluding carboxylic acids is 1. The molecule has 0 atom stereocenters. The molecule has 0 radical (unpaired) electrons. The van der Waals surface area contributed by atoms with Gasteiger partial charge < -0.3 is 14.9 Å². The van der Waals surface area contributed by atoms with Crippen LogP contribution in [-0.4, -0.2) is 66.2 Å². The van der Waals surface area contributed by atoms with Crippen LogP contribution in [0.3, 0.4) is 0 Å². The maximum absolute atomic E-state index is 13.6. The van der Waals surface area contributed by atoms with Crippen molar-refractivity contribution in [1.29, 1.82) is 0 Å². The van der Waals surface area contributed by atoms with Crippen LogP contribution in [0.4, 0.5) is 0 Å². The third-order valence-electron chi connectivity index (χ3n) is 6.59. The lowest BCUT2D eigenvalue weighted by molar-refractivity contribution is 0.104. The van der Waals surface area contributed by atoms with Gasteiger partial charge in [0.25, 0.3) is 0 Å². The summed E-state index contributed by atoms with van der Waals surface area (Å²) in [6, 6.07) is 19.2. The number of likely N-dealkylation sites (tertiary alicyclic amines) is 1. The zero-order chi connectivity index (χ0) is 30.3. The lowest BCUT2D eigenvalue weighted by Gasteiger charge is -2.26. The highest BCUT2D eigenvalue weighted by Gasteiger charge is 2.22. The first-order valence-corrected chi connectivity index (χ1v) is 15.9. The molecule has 4 aromatic rings. The van der Waals surface area contributed by atoms with Crippen molar-refractivity contribution < 1.29 is 36.9 Å². The number of phenolic OH excluding ortho intramolecular Hbond substituents is 2. The molecule has 0 saturated carbocycles. The van der Waals surface area contributed by atoms with E-state index in [1.54, 1.807) is 42.5 Å². The van der Waals surface area contributed by atoms with E-state index in [1.807, 2.05) is 24.3 Å². The zero-order valence-corrected chi connectivity index (χ0v) is 25.2. The second-order valence-corrected chi connectivity index (χ2v) is 12.3. The van der Waals surface area contributed by atoms with E-state index in [0.29, 0.717) is 17.7 Å². The van der Waals surface area contributed by atoms with Crippen molar-refractivity contribution in [3.63, 3.8) is 0 Å². The maximum atomic E-state index is 13.6. The van der Waals surface area contributed by atoms with Crippen molar-refractivity contribution in [2.45, 2.75) is 39.2 Å². The minimum atomic E-state index is -4.22. The fourth-order valence-corrected chi connectivity index (χ4v) is 6.42. The topological polar surface area (TPSA) is 134 Å². The van der Waals surface area contributed by atoms with Gasteiger partial charge in [-0.3, -0.25) is 14.2 Å². The number of thiophene rings is 1. The Kier molecular flexibility index (Phi) is 10.6. The van der Waals surface area contributed by atoms with Crippen molar-refractivity contribution in [2.75, 3.05) is 26.2 Å². The molecule has 0 unspecified atom stereocenters. The quantitative estimate of drug-likeness (QED) is 0.147. The Hall–Kier alpha value is -3.48. The van der Waals surface area contributed by atoms with Gasteiger partial charge in [-0.15, -0.1) is 11.3 Å². The Bertz CT molecular complexity index is 1590. The zero-order valence-electron chi connectivity index (χ0n) is 23.5. The second kappa shape index (κ2) is 14.1. The van der Waals surface area contributed by atoms with Gasteiger partial charge in [0, 0.05) is 32.6 Å². The summed E-state index contributed by atoms with van der Waals surface area (Å²) in [5.41, 5.74) is 2.03. The lowest BCUT2D eigenvalue weighted by Crippen LogP contribution is -2.33. The van der Waals surface area contributed by atoms with Crippen molar-refractivity contribution in [3.8, 4) is 27.7 Å². The summed E-state index contributed by atoms with van der Waals surface area (Å²) in [7, 11) is -4.22. The standard InChI is InChI=1S/C28H27NO4S.C3H8O4S/c30-21-8-4-20(5-9-21)28-26(24-13-10-22(31)18-25(24)34-28)27(32)19-6-11-23(12-7-19)33-17-16-29-14-2-1-3-15-29;1-3(2)7-8(4,5)6/h4-13,18,30-31H,1-3,14-17H2;3H,1-2H3,(H,4,5,6). The molecule has 1 aromatic heterocycles. The first-order chi connectivity index (χ1) is 20.0. The average molecular weight is 614 g/mol. The van der Waals surface area contributed by atoms with E-state index in [1.165, 1.54) is 44.4 Å². The summed E-state index contributed by atoms with van der Waals surface area (Å²) in [5, 5.41) is 20.4. The highest BCUT2D eigenvalue weighted by molar-refractivity contribution is 7.80. The van der Waals surface area contributed by atoms with E-state index in [9.17, 15) is 23.4 Å². The number of nitrogens with zero attached hydrogens (tertiary/aromatic N) is 1. The second-order valence-electron chi connectivity index (χ2n) is 10.2. The predicted octanol–water partition coefficient (Wildman–Crippen LogP) is 6.29. The molecule has 1 aliphatic rings. The minimum Gasteiger partial charge on any atom is -0.508 e. The van der Waals surface area contributed by atoms with Gasteiger partial charge in [-0.05, 0) is 112 Å². The fraction of sp³-hybridized carbons (Fsp3) is 0.323. The Balaban J connectivity index is 0.000000446. The van der Waals surface area contributed by atoms with E-state index in [4.69, 9.17) is 9.29 Å². The summed E-state index contributed by atoms with van der Waals surface area (Å²) in [6.07, 6.45) is 3.35. The average Bonchev–Trinajstić information content (AvgIpc) is 3.31. The number of aromatic hydroxyl groups is 2. The molecule has 11 heteroatoms. The van der Waals surface area contributed by atoms with Crippen LogP contribution in [0.25, 0.3) is 20.5 Å². The van der Waals surface area contributed by atoms with E-state index in [0.717, 1.165) is 45.9 Å². The largest absolute Gasteiger partial charge is 0.508 e. The Morgan fingerprint density at radius 2 is 1.57 bits per heavy atom. The molecule has 9 nitrogen and oxygen atoms in total. The molecular formula is C31H35NO8S2. The highest BCUT2D eigenvalue weighted by Crippen LogP contribution is 2.41. The van der Waals surface area contributed by atoms with E-state index in [2.05, 4.69) is 9.08 Å². The number of fused-ring (bicyclic) bond motifs is 1. The van der Waals surface area contributed by atoms with Crippen LogP contribution >= 0.6 is 11.3 Å². The number of piperidine rings is 1. The lowest BCUT2D eigenvalue weighted by atomic mass is 9.97. The maximum Gasteiger partial charge on any atom is 0.397 e. The monoisotopic (exact) mass is 613 g/mol. The number of carbonyl (C=O) groups is 1. The molecule has 0 spiro atoms. The number of benzene rings is 3. The van der Waals surface area contributed by atoms with Gasteiger partial charge in [0.05, 0.1) is 6.10 Å². The summed E-state index contributed by atoms with van der Waals surface area (Å²) >= 11 is 1.46. The number of rotatable bonds is 9. The number of hydrogen-bond donors (Lipinski definition) is 3. The van der Waals surface area contributed by atoms with Gasteiger partial charge >= 0.3 is 10.4 Å². The normalized spacial score (nSPS) is 14.0. The third-order valence-corrected chi connectivity index (χ3v) is 8.42. The Morgan fingerprint density at radius 1 is 0.929 bits per heavy atom. The van der Waals surface area contributed by atoms with Gasteiger partial charge in [-0.25, -0.2) is 4.18 Å². The summed E-state index contributed by atoms with van der Waals surface area (Å²) in [6.45, 7) is 6.86. The molecule has 1 fully saturated rings. The van der Waals surface area contributed by atoms with Gasteiger partial charge in [0.15, 0.2) is 5.78 Å². The molecule has 3 N–H and O–H groups in total. The number of ketones is 1. The van der Waals surface area contributed by atoms with Crippen LogP contribution in [0, 0.1) is 0 Å². The van der Waals surface area contributed by atoms with Gasteiger partial charge in [-0.2, -0.15) is 8.42 Å². The molecular weight excluding hydrogens is 578 g/mol. The summed E-state index contributed by atoms with van der Waals surface area (Å²) in [5.74, 6) is 1.01. The fourth-order valence-electron chi connectivity index (χ4n) is 4.69. The molecule has 0 bridgehead atoms. The molecule has 0 aliphatic carbocycles. The number of hydrogen-bond acceptors (Lipinski definition) is 9. The smallest absolute Gasteiger partial charge is 0.397 e. The first-order valence-electron chi connectivity index (χ1n) is 13.7. The van der Waals surface area contributed by atoms with Gasteiger partial charge in [0.2, 0.25) is 0 Å². The van der Waals surface area contributed by atoms with Crippen LogP contribution in [0.15, 0.2) is 66.7 Å². The minimum absolute atomic E-state index is 0.0834. The first kappa shape index (κ1) is 31.5. The number of ether oxygens (including phenoxy) is 1. The molecule has 5 rings (SSSR count). The van der Waals surface area contributed by atoms with Gasteiger partial charge in [0.1, 0.15) is 23.9 Å². The van der Waals surface area contributed by atoms with Crippen LogP contribution < -0.4 is 4.74 Å². The number of phenols is 2. The molecule has 42 heavy (non-hydrogen) atoms. The van der Waals surface area contributed by atoms with E-state index in [-0.39, 0.29) is 17.3 Å². The Morgan fingerprint density at radius 3 is 2.17 bits per heavy atom. The third kappa shape index (κ3) is 8.76. The van der Waals surface area contributed by atoms with Crippen molar-refractivity contribution >= 4 is 37.6 Å². The summed E-state index contributed by atoms with van der Waals surface area (Å²) in [4.78, 5) is 16.9. The van der Waals surface area contributed by atoms with Crippen LogP contribution in [0.2, 0.25) is 0 Å². The van der Waals surface area contributed by atoms with Gasteiger partial charge in [-0.1, -0.05) is 6.42 Å². The molecule has 2 heterocycles. The van der Waals surface area contributed by atoms with Crippen molar-refractivity contribution in [2.24, 2.45) is 0 Å². The summed E-state index contributed by atoms with van der Waals surface area (Å²) < 4.78 is 38.2. The van der Waals surface area contributed by atoms with Crippen LogP contribution in [0.1, 0.15) is 49.0 Å². The molecule has 3 aromatic carbocycles. The SMILES string of the molecule is CC(C)OS(=O)(=O)O.O=C(c1ccc(OCCN2CCCCC2)cc1)c1c(-c2ccc(O)cc2)sc2cc(O)ccc12. The van der Waals surface area contributed by atoms with Crippen molar-refractivity contribution in [3.05, 3.63) is 77.9 Å². The molecule has 0 amide bonds. The predicted molar refractivity (Wildman–Crippen MR) is 164 cm³/mol. The molecule has 1 aliphatic heterocycles. The van der Waals surface area contributed by atoms with E-state index >= 15 is 0 Å². The molecule has 1 saturated heterocycles. The van der Waals surface area contributed by atoms with Crippen LogP contribution in [-0.2, 0) is 14.6 Å².